The average molecular weight is 913 g/mol. The lowest BCUT2D eigenvalue weighted by atomic mass is 9.96. The number of amides is 2. The molecule has 2 fully saturated rings. The molecule has 350 valence electrons. The number of nitrogens with one attached hydrogen (secondary N) is 2. The lowest BCUT2D eigenvalue weighted by molar-refractivity contribution is -0.257. The van der Waals surface area contributed by atoms with Crippen molar-refractivity contribution in [2.45, 2.75) is 117 Å². The Labute approximate surface area is 370 Å². The molecule has 3 heterocycles. The van der Waals surface area contributed by atoms with Crippen LogP contribution in [-0.4, -0.2) is 122 Å². The highest BCUT2D eigenvalue weighted by Gasteiger charge is 2.53. The fourth-order valence-corrected chi connectivity index (χ4v) is 7.15. The van der Waals surface area contributed by atoms with Crippen LogP contribution in [0.1, 0.15) is 55.4 Å². The quantitative estimate of drug-likeness (QED) is 0.161. The van der Waals surface area contributed by atoms with Crippen molar-refractivity contribution >= 4 is 58.6 Å². The van der Waals surface area contributed by atoms with Gasteiger partial charge in [-0.2, -0.15) is 0 Å². The van der Waals surface area contributed by atoms with Crippen LogP contribution in [0.4, 0.5) is 0 Å². The van der Waals surface area contributed by atoms with Crippen molar-refractivity contribution in [2.75, 3.05) is 13.2 Å². The summed E-state index contributed by atoms with van der Waals surface area (Å²) in [6.07, 6.45) is -9.41. The van der Waals surface area contributed by atoms with E-state index in [1.807, 2.05) is 0 Å². The van der Waals surface area contributed by atoms with Gasteiger partial charge >= 0.3 is 35.8 Å². The third-order valence-corrected chi connectivity index (χ3v) is 9.56. The highest BCUT2D eigenvalue weighted by atomic mass is 16.7. The average Bonchev–Trinajstić information content (AvgIpc) is 3.20. The van der Waals surface area contributed by atoms with E-state index in [0.29, 0.717) is 5.56 Å². The van der Waals surface area contributed by atoms with E-state index in [2.05, 4.69) is 10.6 Å². The number of esters is 6. The minimum absolute atomic E-state index is 0.0710. The zero-order chi connectivity index (χ0) is 47.7. The Balaban J connectivity index is 1.41. The van der Waals surface area contributed by atoms with E-state index in [9.17, 15) is 43.2 Å². The van der Waals surface area contributed by atoms with Crippen molar-refractivity contribution in [1.82, 2.24) is 10.6 Å². The van der Waals surface area contributed by atoms with Crippen LogP contribution >= 0.6 is 0 Å². The molecule has 0 aliphatic carbocycles. The molecular weight excluding hydrogens is 864 g/mol. The van der Waals surface area contributed by atoms with Crippen LogP contribution in [0.15, 0.2) is 57.9 Å². The van der Waals surface area contributed by atoms with Gasteiger partial charge in [0.1, 0.15) is 60.9 Å². The van der Waals surface area contributed by atoms with Crippen LogP contribution < -0.4 is 25.5 Å². The molecule has 5 rings (SSSR count). The minimum atomic E-state index is -1.44. The van der Waals surface area contributed by atoms with Gasteiger partial charge in [0.15, 0.2) is 29.8 Å². The molecule has 2 aliphatic rings. The summed E-state index contributed by atoms with van der Waals surface area (Å²) in [6, 6.07) is 7.80. The number of benzene rings is 2. The van der Waals surface area contributed by atoms with Crippen LogP contribution in [0.3, 0.4) is 0 Å². The second-order valence-electron chi connectivity index (χ2n) is 14.8. The van der Waals surface area contributed by atoms with Crippen molar-refractivity contribution in [3.8, 4) is 22.6 Å². The summed E-state index contributed by atoms with van der Waals surface area (Å²) in [4.78, 5) is 111. The molecule has 0 spiro atoms. The lowest BCUT2D eigenvalue weighted by Gasteiger charge is -2.44. The van der Waals surface area contributed by atoms with E-state index in [-0.39, 0.29) is 28.0 Å². The zero-order valence-electron chi connectivity index (χ0n) is 36.5. The SMILES string of the molecule is CC(=O)NC1C(Oc2ccc(-c3coc4cc(OC5OC(COC(C)=O)C(OC(C)=O)C(OC(C)=O)C5NC(C)=O)ccc4c3=O)cc2)OC(COC(C)=O)C(OC(C)=O)C1OC(C)=O. The first kappa shape index (κ1) is 49.0. The highest BCUT2D eigenvalue weighted by Crippen LogP contribution is 2.33. The normalized spacial score (nSPS) is 24.9. The van der Waals surface area contributed by atoms with Gasteiger partial charge in [-0.05, 0) is 29.8 Å². The molecule has 10 unspecified atom stereocenters. The first-order valence-corrected chi connectivity index (χ1v) is 20.0. The van der Waals surface area contributed by atoms with Gasteiger partial charge in [0.25, 0.3) is 0 Å². The Hall–Kier alpha value is -7.07. The maximum Gasteiger partial charge on any atom is 0.303 e. The number of hydrogen-bond donors (Lipinski definition) is 2. The molecule has 2 aliphatic heterocycles. The van der Waals surface area contributed by atoms with Crippen LogP contribution in [-0.2, 0) is 76.3 Å². The van der Waals surface area contributed by atoms with E-state index < -0.39 is 128 Å². The Bertz CT molecular complexity index is 2340. The Morgan fingerprint density at radius 2 is 0.954 bits per heavy atom. The molecule has 2 amide bonds. The van der Waals surface area contributed by atoms with Crippen molar-refractivity contribution < 1.29 is 90.1 Å². The molecule has 0 radical (unpaired) electrons. The van der Waals surface area contributed by atoms with Crippen molar-refractivity contribution in [3.05, 3.63) is 59.0 Å². The molecule has 2 aromatic carbocycles. The maximum absolute atomic E-state index is 13.9. The Morgan fingerprint density at radius 1 is 0.538 bits per heavy atom. The Kier molecular flexibility index (Phi) is 16.2. The summed E-state index contributed by atoms with van der Waals surface area (Å²) in [6.45, 7) is 8.29. The number of fused-ring (bicyclic) bond motifs is 1. The monoisotopic (exact) mass is 912 g/mol. The number of ether oxygens (including phenoxy) is 10. The maximum atomic E-state index is 13.9. The molecular formula is C43H48N2O20. The van der Waals surface area contributed by atoms with E-state index in [1.54, 1.807) is 12.1 Å². The van der Waals surface area contributed by atoms with Gasteiger partial charge in [-0.25, -0.2) is 0 Å². The van der Waals surface area contributed by atoms with Crippen LogP contribution in [0.2, 0.25) is 0 Å². The molecule has 65 heavy (non-hydrogen) atoms. The number of hydrogen-bond acceptors (Lipinski definition) is 20. The smallest absolute Gasteiger partial charge is 0.303 e. The zero-order valence-corrected chi connectivity index (χ0v) is 36.5. The number of carbonyl (C=O) groups excluding carboxylic acids is 8. The Morgan fingerprint density at radius 3 is 1.37 bits per heavy atom. The van der Waals surface area contributed by atoms with E-state index in [1.165, 1.54) is 50.4 Å². The van der Waals surface area contributed by atoms with Crippen LogP contribution in [0.5, 0.6) is 11.5 Å². The first-order chi connectivity index (χ1) is 30.7. The molecule has 2 N–H and O–H groups in total. The van der Waals surface area contributed by atoms with E-state index in [4.69, 9.17) is 51.8 Å². The largest absolute Gasteiger partial charge is 0.463 e. The van der Waals surface area contributed by atoms with Crippen molar-refractivity contribution in [1.29, 1.82) is 0 Å². The molecule has 2 saturated heterocycles. The third-order valence-electron chi connectivity index (χ3n) is 9.56. The van der Waals surface area contributed by atoms with E-state index >= 15 is 0 Å². The van der Waals surface area contributed by atoms with Crippen molar-refractivity contribution in [2.24, 2.45) is 0 Å². The standard InChI is InChI=1S/C43H48N2O20/c1-19(46)44-35-40(60-25(7)52)38(58-23(5)50)33(17-55-21(3)48)64-42(35)62-28-11-9-27(10-12-28)31-16-57-32-15-29(13-14-30(32)37(31)54)63-43-36(45-20(2)47)41(61-26(8)53)39(59-24(6)51)34(65-43)18-56-22(4)49/h9-16,33-36,38-43H,17-18H2,1-8H3,(H,44,46)(H,45,47). The van der Waals surface area contributed by atoms with Gasteiger partial charge in [-0.15, -0.1) is 0 Å². The van der Waals surface area contributed by atoms with Gasteiger partial charge < -0.3 is 62.4 Å². The van der Waals surface area contributed by atoms with Gasteiger partial charge in [0, 0.05) is 61.5 Å². The fourth-order valence-electron chi connectivity index (χ4n) is 7.15. The fraction of sp³-hybridized carbons (Fsp3) is 0.465. The molecule has 22 nitrogen and oxygen atoms in total. The van der Waals surface area contributed by atoms with E-state index in [0.717, 1.165) is 41.5 Å². The van der Waals surface area contributed by atoms with Crippen LogP contribution in [0.25, 0.3) is 22.1 Å². The predicted octanol–water partition coefficient (Wildman–Crippen LogP) is 1.53. The predicted molar refractivity (Wildman–Crippen MR) is 217 cm³/mol. The summed E-state index contributed by atoms with van der Waals surface area (Å²) < 4.78 is 62.4. The van der Waals surface area contributed by atoms with Gasteiger partial charge in [0.05, 0.1) is 10.9 Å². The number of carbonyl (C=O) groups is 8. The summed E-state index contributed by atoms with van der Waals surface area (Å²) in [7, 11) is 0. The first-order valence-electron chi connectivity index (χ1n) is 20.0. The topological polar surface area (TPSA) is 283 Å². The summed E-state index contributed by atoms with van der Waals surface area (Å²) in [5, 5.41) is 5.36. The molecule has 10 atom stereocenters. The molecule has 1 aromatic heterocycles. The summed E-state index contributed by atoms with van der Waals surface area (Å²) >= 11 is 0. The second kappa shape index (κ2) is 21.5. The molecule has 3 aromatic rings. The second-order valence-corrected chi connectivity index (χ2v) is 14.8. The van der Waals surface area contributed by atoms with Gasteiger partial charge in [-0.1, -0.05) is 12.1 Å². The lowest BCUT2D eigenvalue weighted by Crippen LogP contribution is -2.67. The summed E-state index contributed by atoms with van der Waals surface area (Å²) in [5.74, 6) is -5.37. The number of rotatable bonds is 15. The van der Waals surface area contributed by atoms with Crippen LogP contribution in [0, 0.1) is 0 Å². The molecule has 0 saturated carbocycles. The van der Waals surface area contributed by atoms with Crippen molar-refractivity contribution in [3.63, 3.8) is 0 Å². The van der Waals surface area contributed by atoms with Gasteiger partial charge in [0.2, 0.25) is 24.4 Å². The summed E-state index contributed by atoms with van der Waals surface area (Å²) in [5.41, 5.74) is 0.152. The molecule has 22 heteroatoms. The highest BCUT2D eigenvalue weighted by molar-refractivity contribution is 5.83. The van der Waals surface area contributed by atoms with Gasteiger partial charge in [-0.3, -0.25) is 43.2 Å². The minimum Gasteiger partial charge on any atom is -0.463 e. The third kappa shape index (κ3) is 13.0. The molecule has 0 bridgehead atoms.